The van der Waals surface area contributed by atoms with Gasteiger partial charge in [0.1, 0.15) is 0 Å². The molecule has 0 bridgehead atoms. The number of hydrogen-bond donors (Lipinski definition) is 0. The van der Waals surface area contributed by atoms with Gasteiger partial charge in [-0.1, -0.05) is 151 Å². The molecule has 1 aliphatic rings. The molecule has 0 unspecified atom stereocenters. The summed E-state index contributed by atoms with van der Waals surface area (Å²) in [6.07, 6.45) is 2.13. The van der Waals surface area contributed by atoms with Crippen LogP contribution in [0.5, 0.6) is 0 Å². The molecule has 2 aromatic heterocycles. The van der Waals surface area contributed by atoms with Gasteiger partial charge in [0.2, 0.25) is 0 Å². The van der Waals surface area contributed by atoms with Crippen molar-refractivity contribution in [1.82, 2.24) is 9.13 Å². The molecule has 0 N–H and O–H groups in total. The first-order valence-corrected chi connectivity index (χ1v) is 23.4. The van der Waals surface area contributed by atoms with Crippen LogP contribution < -0.4 is 0 Å². The Balaban J connectivity index is 1.17. The van der Waals surface area contributed by atoms with Crippen LogP contribution in [-0.4, -0.2) is 9.13 Å². The monoisotopic (exact) mass is 830 g/mol. The number of hydrogen-bond acceptors (Lipinski definition) is 0. The molecule has 2 heteroatoms. The van der Waals surface area contributed by atoms with Crippen LogP contribution in [0, 0.1) is 18.8 Å². The second-order valence-electron chi connectivity index (χ2n) is 20.5. The number of rotatable bonds is 8. The van der Waals surface area contributed by atoms with E-state index in [-0.39, 0.29) is 5.41 Å². The van der Waals surface area contributed by atoms with Crippen LogP contribution >= 0.6 is 0 Å². The summed E-state index contributed by atoms with van der Waals surface area (Å²) in [7, 11) is 0. The van der Waals surface area contributed by atoms with E-state index in [1.165, 1.54) is 111 Å². The van der Waals surface area contributed by atoms with Crippen LogP contribution in [0.2, 0.25) is 0 Å². The van der Waals surface area contributed by atoms with Crippen LogP contribution in [0.4, 0.5) is 0 Å². The fourth-order valence-electron chi connectivity index (χ4n) is 11.3. The lowest BCUT2D eigenvalue weighted by atomic mass is 9.67. The molecule has 10 aromatic rings. The van der Waals surface area contributed by atoms with Crippen LogP contribution in [0.3, 0.4) is 0 Å². The van der Waals surface area contributed by atoms with E-state index in [9.17, 15) is 0 Å². The SMILES string of the molecule is Cc1ccc2c(c1)c1cc(C(C)(C)C)ccc1n2-c1cccc(C2(c3cccc(-n4c5ccc(CC(C)C)cc5c5cc(CC(C)C)ccc54)c3)c3ccccc3-c3ccccc32)c1. The summed E-state index contributed by atoms with van der Waals surface area (Å²) < 4.78 is 5.02. The van der Waals surface area contributed by atoms with Gasteiger partial charge in [-0.05, 0) is 160 Å². The fourth-order valence-corrected chi connectivity index (χ4v) is 11.3. The molecule has 2 nitrogen and oxygen atoms in total. The molecule has 0 fully saturated rings. The lowest BCUT2D eigenvalue weighted by Crippen LogP contribution is -2.29. The summed E-state index contributed by atoms with van der Waals surface area (Å²) in [6.45, 7) is 18.4. The molecule has 2 heterocycles. The van der Waals surface area contributed by atoms with Crippen LogP contribution in [0.1, 0.15) is 93.0 Å². The first-order valence-electron chi connectivity index (χ1n) is 23.4. The van der Waals surface area contributed by atoms with Gasteiger partial charge in [-0.2, -0.15) is 0 Å². The van der Waals surface area contributed by atoms with Crippen molar-refractivity contribution in [2.75, 3.05) is 0 Å². The molecule has 0 spiro atoms. The molecule has 11 rings (SSSR count). The van der Waals surface area contributed by atoms with E-state index >= 15 is 0 Å². The van der Waals surface area contributed by atoms with Crippen molar-refractivity contribution in [1.29, 1.82) is 0 Å². The highest BCUT2D eigenvalue weighted by Crippen LogP contribution is 2.56. The Labute approximate surface area is 378 Å². The number of aryl methyl sites for hydroxylation is 1. The van der Waals surface area contributed by atoms with E-state index < -0.39 is 5.41 Å². The van der Waals surface area contributed by atoms with Gasteiger partial charge >= 0.3 is 0 Å². The summed E-state index contributed by atoms with van der Waals surface area (Å²) in [5.41, 5.74) is 19.9. The first kappa shape index (κ1) is 40.2. The van der Waals surface area contributed by atoms with Gasteiger partial charge in [-0.3, -0.25) is 0 Å². The van der Waals surface area contributed by atoms with Crippen molar-refractivity contribution < 1.29 is 0 Å². The maximum atomic E-state index is 2.52. The smallest absolute Gasteiger partial charge is 0.0715 e. The van der Waals surface area contributed by atoms with Crippen molar-refractivity contribution in [2.45, 2.75) is 79.1 Å². The Hall–Kier alpha value is -6.64. The first-order chi connectivity index (χ1) is 30.9. The third-order valence-electron chi connectivity index (χ3n) is 14.0. The average molecular weight is 831 g/mol. The van der Waals surface area contributed by atoms with Crippen LogP contribution in [0.25, 0.3) is 66.1 Å². The van der Waals surface area contributed by atoms with Crippen molar-refractivity contribution >= 4 is 43.6 Å². The van der Waals surface area contributed by atoms with E-state index in [0.717, 1.165) is 12.8 Å². The number of fused-ring (bicyclic) bond motifs is 9. The van der Waals surface area contributed by atoms with E-state index in [1.807, 2.05) is 0 Å². The predicted molar refractivity (Wildman–Crippen MR) is 273 cm³/mol. The maximum Gasteiger partial charge on any atom is 0.0715 e. The van der Waals surface area contributed by atoms with Gasteiger partial charge in [-0.25, -0.2) is 0 Å². The Kier molecular flexibility index (Phi) is 9.40. The Morgan fingerprint density at radius 1 is 0.438 bits per heavy atom. The van der Waals surface area contributed by atoms with Crippen LogP contribution in [0.15, 0.2) is 170 Å². The van der Waals surface area contributed by atoms with E-state index in [0.29, 0.717) is 11.8 Å². The Morgan fingerprint density at radius 3 is 1.36 bits per heavy atom. The van der Waals surface area contributed by atoms with Crippen molar-refractivity contribution in [3.63, 3.8) is 0 Å². The summed E-state index contributed by atoms with van der Waals surface area (Å²) in [5, 5.41) is 5.26. The Bertz CT molecular complexity index is 3340. The van der Waals surface area contributed by atoms with Gasteiger partial charge in [-0.15, -0.1) is 0 Å². The topological polar surface area (TPSA) is 9.86 Å². The zero-order valence-electron chi connectivity index (χ0n) is 38.6. The van der Waals surface area contributed by atoms with Gasteiger partial charge < -0.3 is 9.13 Å². The van der Waals surface area contributed by atoms with Crippen molar-refractivity contribution in [3.8, 4) is 22.5 Å². The van der Waals surface area contributed by atoms with E-state index in [4.69, 9.17) is 0 Å². The lowest BCUT2D eigenvalue weighted by molar-refractivity contribution is 0.591. The molecule has 0 saturated carbocycles. The van der Waals surface area contributed by atoms with Crippen molar-refractivity contribution in [2.24, 2.45) is 11.8 Å². The molecule has 0 radical (unpaired) electrons. The molecule has 0 atom stereocenters. The van der Waals surface area contributed by atoms with E-state index in [1.54, 1.807) is 0 Å². The molecule has 64 heavy (non-hydrogen) atoms. The second kappa shape index (κ2) is 15.0. The van der Waals surface area contributed by atoms with Gasteiger partial charge in [0.15, 0.2) is 0 Å². The Morgan fingerprint density at radius 2 is 0.875 bits per heavy atom. The maximum absolute atomic E-state index is 2.52. The average Bonchev–Trinajstić information content (AvgIpc) is 3.89. The normalized spacial score (nSPS) is 13.5. The summed E-state index contributed by atoms with van der Waals surface area (Å²) >= 11 is 0. The highest BCUT2D eigenvalue weighted by Gasteiger charge is 2.46. The lowest BCUT2D eigenvalue weighted by Gasteiger charge is -2.34. The molecule has 0 amide bonds. The third-order valence-corrected chi connectivity index (χ3v) is 14.0. The molecule has 0 aliphatic heterocycles. The third kappa shape index (κ3) is 6.28. The largest absolute Gasteiger partial charge is 0.309 e. The number of nitrogens with zero attached hydrogens (tertiary/aromatic N) is 2. The molecule has 0 saturated heterocycles. The molecule has 1 aliphatic carbocycles. The molecular weight excluding hydrogens is 773 g/mol. The highest BCUT2D eigenvalue weighted by molar-refractivity contribution is 6.11. The number of aromatic nitrogens is 2. The molecular formula is C62H58N2. The zero-order valence-corrected chi connectivity index (χ0v) is 38.6. The minimum Gasteiger partial charge on any atom is -0.309 e. The summed E-state index contributed by atoms with van der Waals surface area (Å²) in [6, 6.07) is 65.6. The summed E-state index contributed by atoms with van der Waals surface area (Å²) in [4.78, 5) is 0. The quantitative estimate of drug-likeness (QED) is 0.144. The van der Waals surface area contributed by atoms with Gasteiger partial charge in [0.25, 0.3) is 0 Å². The highest BCUT2D eigenvalue weighted by atomic mass is 15.0. The number of benzene rings is 8. The van der Waals surface area contributed by atoms with Gasteiger partial charge in [0.05, 0.1) is 27.5 Å². The predicted octanol–water partition coefficient (Wildman–Crippen LogP) is 16.2. The fraction of sp³-hybridized carbons (Fsp3) is 0.226. The zero-order chi connectivity index (χ0) is 44.1. The van der Waals surface area contributed by atoms with E-state index in [2.05, 4.69) is 234 Å². The second-order valence-corrected chi connectivity index (χ2v) is 20.5. The van der Waals surface area contributed by atoms with Crippen LogP contribution in [-0.2, 0) is 23.7 Å². The molecule has 8 aromatic carbocycles. The minimum absolute atomic E-state index is 0.0448. The standard InChI is InChI=1S/C62H58N2/c1-39(2)31-42-24-28-58-52(34-42)53-35-43(32-40(3)4)25-29-59(53)64(58)48-18-14-16-46(37-48)62(55-21-11-9-19-49(55)50-20-10-12-22-56(50)62)45-15-13-17-47(36-45)63-57-27-23-41(5)33-51(57)54-38-44(61(6,7)8)26-30-60(54)63/h9-30,33-40H,31-32H2,1-8H3. The minimum atomic E-state index is -0.582. The molecule has 316 valence electrons. The van der Waals surface area contributed by atoms with Gasteiger partial charge in [0, 0.05) is 32.9 Å². The van der Waals surface area contributed by atoms with Crippen molar-refractivity contribution in [3.05, 3.63) is 214 Å². The summed E-state index contributed by atoms with van der Waals surface area (Å²) in [5.74, 6) is 1.18.